The van der Waals surface area contributed by atoms with Crippen molar-refractivity contribution in [1.29, 1.82) is 0 Å². The van der Waals surface area contributed by atoms with E-state index in [1.165, 1.54) is 0 Å². The molecule has 2 amide bonds. The second-order valence-corrected chi connectivity index (χ2v) is 6.06. The van der Waals surface area contributed by atoms with E-state index in [2.05, 4.69) is 10.6 Å². The zero-order valence-electron chi connectivity index (χ0n) is 14.7. The number of benzene rings is 2. The van der Waals surface area contributed by atoms with Crippen LogP contribution in [0.3, 0.4) is 0 Å². The highest BCUT2D eigenvalue weighted by atomic mass is 16.7. The van der Waals surface area contributed by atoms with Crippen LogP contribution in [0.4, 0.5) is 5.69 Å². The van der Waals surface area contributed by atoms with Crippen LogP contribution in [0.1, 0.15) is 15.9 Å². The fraction of sp³-hybridized carbons (Fsp3) is 0.263. The molecular formula is C19H21N3O4. The van der Waals surface area contributed by atoms with Gasteiger partial charge in [-0.05, 0) is 36.9 Å². The highest BCUT2D eigenvalue weighted by Gasteiger charge is 2.15. The maximum Gasteiger partial charge on any atom is 0.251 e. The molecule has 0 unspecified atom stereocenters. The topological polar surface area (TPSA) is 79.9 Å². The highest BCUT2D eigenvalue weighted by molar-refractivity contribution is 5.94. The van der Waals surface area contributed by atoms with Gasteiger partial charge in [0.2, 0.25) is 12.7 Å². The first kappa shape index (κ1) is 17.8. The summed E-state index contributed by atoms with van der Waals surface area (Å²) in [6, 6.07) is 12.6. The molecule has 0 fully saturated rings. The monoisotopic (exact) mass is 355 g/mol. The van der Waals surface area contributed by atoms with Crippen molar-refractivity contribution in [3.8, 4) is 11.5 Å². The minimum absolute atomic E-state index is 0.117. The molecule has 0 saturated carbocycles. The molecule has 2 aromatic rings. The summed E-state index contributed by atoms with van der Waals surface area (Å²) >= 11 is 0. The van der Waals surface area contributed by atoms with Gasteiger partial charge < -0.3 is 20.1 Å². The molecule has 0 atom stereocenters. The van der Waals surface area contributed by atoms with Gasteiger partial charge in [-0.2, -0.15) is 0 Å². The average Bonchev–Trinajstić information content (AvgIpc) is 3.09. The van der Waals surface area contributed by atoms with E-state index in [1.807, 2.05) is 24.1 Å². The maximum atomic E-state index is 12.2. The molecule has 0 spiro atoms. The summed E-state index contributed by atoms with van der Waals surface area (Å²) in [5.74, 6) is 1.08. The summed E-state index contributed by atoms with van der Waals surface area (Å²) in [5, 5.41) is 5.44. The van der Waals surface area contributed by atoms with Gasteiger partial charge in [0.25, 0.3) is 5.91 Å². The van der Waals surface area contributed by atoms with E-state index in [0.29, 0.717) is 29.3 Å². The van der Waals surface area contributed by atoms with Crippen molar-refractivity contribution in [3.05, 3.63) is 53.6 Å². The SMILES string of the molecule is CNC(=O)c1ccc(CN(C)CC(=O)Nc2ccc3c(c2)OCO3)cc1. The fourth-order valence-electron chi connectivity index (χ4n) is 2.69. The molecule has 0 aromatic heterocycles. The maximum absolute atomic E-state index is 12.2. The number of hydrogen-bond donors (Lipinski definition) is 2. The van der Waals surface area contributed by atoms with Gasteiger partial charge in [-0.15, -0.1) is 0 Å². The van der Waals surface area contributed by atoms with Crippen LogP contribution in [-0.2, 0) is 11.3 Å². The molecule has 0 radical (unpaired) electrons. The Balaban J connectivity index is 1.52. The predicted octanol–water partition coefficient (Wildman–Crippen LogP) is 1.85. The Labute approximate surface area is 151 Å². The molecule has 2 N–H and O–H groups in total. The van der Waals surface area contributed by atoms with Crippen molar-refractivity contribution in [1.82, 2.24) is 10.2 Å². The van der Waals surface area contributed by atoms with Gasteiger partial charge in [0.15, 0.2) is 11.5 Å². The lowest BCUT2D eigenvalue weighted by atomic mass is 10.1. The number of nitrogens with zero attached hydrogens (tertiary/aromatic N) is 1. The molecule has 136 valence electrons. The third-order valence-electron chi connectivity index (χ3n) is 3.97. The lowest BCUT2D eigenvalue weighted by molar-refractivity contribution is -0.117. The number of carbonyl (C=O) groups is 2. The molecule has 1 heterocycles. The normalized spacial score (nSPS) is 12.1. The molecular weight excluding hydrogens is 334 g/mol. The number of anilines is 1. The Morgan fingerprint density at radius 3 is 2.54 bits per heavy atom. The van der Waals surface area contributed by atoms with Gasteiger partial charge in [0.1, 0.15) is 0 Å². The van der Waals surface area contributed by atoms with Crippen LogP contribution in [0.25, 0.3) is 0 Å². The fourth-order valence-corrected chi connectivity index (χ4v) is 2.69. The summed E-state index contributed by atoms with van der Waals surface area (Å²) in [5.41, 5.74) is 2.30. The molecule has 7 heteroatoms. The van der Waals surface area contributed by atoms with Crippen LogP contribution in [0, 0.1) is 0 Å². The highest BCUT2D eigenvalue weighted by Crippen LogP contribution is 2.34. The first-order valence-electron chi connectivity index (χ1n) is 8.24. The quantitative estimate of drug-likeness (QED) is 0.827. The molecule has 0 saturated heterocycles. The molecule has 2 aromatic carbocycles. The van der Waals surface area contributed by atoms with Gasteiger partial charge in [0, 0.05) is 30.9 Å². The van der Waals surface area contributed by atoms with Crippen molar-refractivity contribution >= 4 is 17.5 Å². The number of fused-ring (bicyclic) bond motifs is 1. The van der Waals surface area contributed by atoms with Crippen LogP contribution in [0.15, 0.2) is 42.5 Å². The Morgan fingerprint density at radius 2 is 1.81 bits per heavy atom. The number of carbonyl (C=O) groups excluding carboxylic acids is 2. The van der Waals surface area contributed by atoms with E-state index in [4.69, 9.17) is 9.47 Å². The molecule has 1 aliphatic rings. The second-order valence-electron chi connectivity index (χ2n) is 6.06. The van der Waals surface area contributed by atoms with Crippen LogP contribution in [0.5, 0.6) is 11.5 Å². The van der Waals surface area contributed by atoms with E-state index in [9.17, 15) is 9.59 Å². The van der Waals surface area contributed by atoms with Gasteiger partial charge in [-0.1, -0.05) is 12.1 Å². The van der Waals surface area contributed by atoms with Crippen LogP contribution < -0.4 is 20.1 Å². The zero-order valence-corrected chi connectivity index (χ0v) is 14.7. The summed E-state index contributed by atoms with van der Waals surface area (Å²) in [6.07, 6.45) is 0. The largest absolute Gasteiger partial charge is 0.454 e. The van der Waals surface area contributed by atoms with Gasteiger partial charge in [0.05, 0.1) is 6.54 Å². The van der Waals surface area contributed by atoms with Crippen LogP contribution >= 0.6 is 0 Å². The van der Waals surface area contributed by atoms with E-state index in [1.54, 1.807) is 37.4 Å². The minimum Gasteiger partial charge on any atom is -0.454 e. The van der Waals surface area contributed by atoms with Crippen molar-refractivity contribution in [3.63, 3.8) is 0 Å². The lowest BCUT2D eigenvalue weighted by Crippen LogP contribution is -2.29. The molecule has 1 aliphatic heterocycles. The summed E-state index contributed by atoms with van der Waals surface area (Å²) in [6.45, 7) is 1.04. The number of ether oxygens (including phenoxy) is 2. The summed E-state index contributed by atoms with van der Waals surface area (Å²) in [7, 11) is 3.47. The molecule has 0 aliphatic carbocycles. The molecule has 3 rings (SSSR count). The smallest absolute Gasteiger partial charge is 0.251 e. The molecule has 0 bridgehead atoms. The Bertz CT molecular complexity index is 805. The van der Waals surface area contributed by atoms with Crippen LogP contribution in [-0.4, -0.2) is 44.1 Å². The average molecular weight is 355 g/mol. The number of likely N-dealkylation sites (N-methyl/N-ethyl adjacent to an activating group) is 1. The van der Waals surface area contributed by atoms with Crippen LogP contribution in [0.2, 0.25) is 0 Å². The van der Waals surface area contributed by atoms with Gasteiger partial charge in [-0.25, -0.2) is 0 Å². The molecule has 26 heavy (non-hydrogen) atoms. The Morgan fingerprint density at radius 1 is 1.08 bits per heavy atom. The minimum atomic E-state index is -0.118. The van der Waals surface area contributed by atoms with E-state index >= 15 is 0 Å². The van der Waals surface area contributed by atoms with Gasteiger partial charge >= 0.3 is 0 Å². The van der Waals surface area contributed by atoms with Gasteiger partial charge in [-0.3, -0.25) is 14.5 Å². The third kappa shape index (κ3) is 4.31. The lowest BCUT2D eigenvalue weighted by Gasteiger charge is -2.16. The van der Waals surface area contributed by atoms with Crippen molar-refractivity contribution < 1.29 is 19.1 Å². The molecule has 7 nitrogen and oxygen atoms in total. The number of nitrogens with one attached hydrogen (secondary N) is 2. The van der Waals surface area contributed by atoms with Crippen molar-refractivity contribution in [2.75, 3.05) is 32.7 Å². The Kier molecular flexibility index (Phi) is 5.38. The van der Waals surface area contributed by atoms with E-state index in [-0.39, 0.29) is 25.2 Å². The van der Waals surface area contributed by atoms with E-state index < -0.39 is 0 Å². The second kappa shape index (κ2) is 7.88. The van der Waals surface area contributed by atoms with E-state index in [0.717, 1.165) is 5.56 Å². The first-order chi connectivity index (χ1) is 12.5. The number of hydrogen-bond acceptors (Lipinski definition) is 5. The zero-order chi connectivity index (χ0) is 18.5. The predicted molar refractivity (Wildman–Crippen MR) is 97.4 cm³/mol. The first-order valence-corrected chi connectivity index (χ1v) is 8.24. The number of amides is 2. The Hall–Kier alpha value is -3.06. The standard InChI is InChI=1S/C19H21N3O4/c1-20-19(24)14-5-3-13(4-6-14)10-22(2)11-18(23)21-15-7-8-16-17(9-15)26-12-25-16/h3-9H,10-12H2,1-2H3,(H,20,24)(H,21,23). The van der Waals surface area contributed by atoms with Crippen molar-refractivity contribution in [2.45, 2.75) is 6.54 Å². The third-order valence-corrected chi connectivity index (χ3v) is 3.97. The summed E-state index contributed by atoms with van der Waals surface area (Å²) < 4.78 is 10.6. The van der Waals surface area contributed by atoms with Crippen molar-refractivity contribution in [2.24, 2.45) is 0 Å². The summed E-state index contributed by atoms with van der Waals surface area (Å²) in [4.78, 5) is 25.7. The number of rotatable bonds is 6.